The molecule has 1 aromatic carbocycles. The first-order valence-electron chi connectivity index (χ1n) is 8.86. The van der Waals surface area contributed by atoms with E-state index in [9.17, 15) is 0 Å². The van der Waals surface area contributed by atoms with Crippen LogP contribution < -0.4 is 10.6 Å². The predicted octanol–water partition coefficient (Wildman–Crippen LogP) is 2.39. The van der Waals surface area contributed by atoms with Gasteiger partial charge < -0.3 is 15.5 Å². The highest BCUT2D eigenvalue weighted by Gasteiger charge is 2.09. The Bertz CT molecular complexity index is 671. The third-order valence-corrected chi connectivity index (χ3v) is 4.58. The molecule has 0 radical (unpaired) electrons. The minimum atomic E-state index is 0.742. The fourth-order valence-corrected chi connectivity index (χ4v) is 3.22. The number of pyridine rings is 1. The fraction of sp³-hybridized carbons (Fsp3) is 0.474. The van der Waals surface area contributed by atoms with Crippen molar-refractivity contribution in [2.24, 2.45) is 4.99 Å². The van der Waals surface area contributed by atoms with E-state index in [1.54, 1.807) is 0 Å². The molecule has 0 amide bonds. The number of nitrogens with one attached hydrogen (secondary N) is 2. The molecule has 0 bridgehead atoms. The molecule has 1 saturated heterocycles. The molecule has 5 heteroatoms. The van der Waals surface area contributed by atoms with Crippen LogP contribution in [0.15, 0.2) is 41.5 Å². The van der Waals surface area contributed by atoms with Gasteiger partial charge in [-0.3, -0.25) is 9.98 Å². The zero-order valence-electron chi connectivity index (χ0n) is 14.5. The number of aromatic nitrogens is 1. The summed E-state index contributed by atoms with van der Waals surface area (Å²) < 4.78 is 0. The Morgan fingerprint density at radius 1 is 1.12 bits per heavy atom. The number of likely N-dealkylation sites (tertiary alicyclic amines) is 1. The highest BCUT2D eigenvalue weighted by Crippen LogP contribution is 2.15. The number of para-hydroxylation sites is 1. The van der Waals surface area contributed by atoms with Crippen molar-refractivity contribution in [3.05, 3.63) is 42.1 Å². The normalized spacial score (nSPS) is 16.3. The molecule has 0 aliphatic carbocycles. The molecular formula is C19H27N5. The van der Waals surface area contributed by atoms with Crippen LogP contribution in [0.25, 0.3) is 10.9 Å². The van der Waals surface area contributed by atoms with Crippen molar-refractivity contribution in [2.75, 3.05) is 33.2 Å². The lowest BCUT2D eigenvalue weighted by atomic mass is 10.1. The van der Waals surface area contributed by atoms with Gasteiger partial charge >= 0.3 is 0 Å². The predicted molar refractivity (Wildman–Crippen MR) is 100 cm³/mol. The van der Waals surface area contributed by atoms with Crippen LogP contribution in [0.1, 0.15) is 24.8 Å². The summed E-state index contributed by atoms with van der Waals surface area (Å²) in [7, 11) is 1.82. The molecule has 2 aromatic rings. The molecule has 2 heterocycles. The van der Waals surface area contributed by atoms with E-state index in [2.05, 4.69) is 43.7 Å². The third kappa shape index (κ3) is 4.45. The first-order valence-corrected chi connectivity index (χ1v) is 8.86. The molecule has 1 aliphatic heterocycles. The van der Waals surface area contributed by atoms with Crippen LogP contribution in [0.2, 0.25) is 0 Å². The van der Waals surface area contributed by atoms with Crippen LogP contribution >= 0.6 is 0 Å². The Balaban J connectivity index is 1.50. The van der Waals surface area contributed by atoms with Crippen LogP contribution in [-0.2, 0) is 6.54 Å². The monoisotopic (exact) mass is 325 g/mol. The number of guanidine groups is 1. The third-order valence-electron chi connectivity index (χ3n) is 4.58. The topological polar surface area (TPSA) is 52.6 Å². The summed E-state index contributed by atoms with van der Waals surface area (Å²) in [6, 6.07) is 10.3. The smallest absolute Gasteiger partial charge is 0.191 e. The molecule has 128 valence electrons. The van der Waals surface area contributed by atoms with Gasteiger partial charge in [0.05, 0.1) is 5.52 Å². The molecule has 0 unspecified atom stereocenters. The Morgan fingerprint density at radius 3 is 2.79 bits per heavy atom. The second-order valence-electron chi connectivity index (χ2n) is 6.24. The number of fused-ring (bicyclic) bond motifs is 1. The highest BCUT2D eigenvalue weighted by molar-refractivity contribution is 5.83. The Morgan fingerprint density at radius 2 is 1.96 bits per heavy atom. The van der Waals surface area contributed by atoms with Crippen LogP contribution in [0, 0.1) is 0 Å². The van der Waals surface area contributed by atoms with Gasteiger partial charge in [0.2, 0.25) is 0 Å². The van der Waals surface area contributed by atoms with E-state index in [1.807, 2.05) is 25.4 Å². The molecule has 5 nitrogen and oxygen atoms in total. The maximum Gasteiger partial charge on any atom is 0.191 e. The van der Waals surface area contributed by atoms with Crippen LogP contribution in [-0.4, -0.2) is 49.1 Å². The molecule has 24 heavy (non-hydrogen) atoms. The van der Waals surface area contributed by atoms with Crippen LogP contribution in [0.5, 0.6) is 0 Å². The van der Waals surface area contributed by atoms with Crippen molar-refractivity contribution in [3.8, 4) is 0 Å². The average molecular weight is 325 g/mol. The van der Waals surface area contributed by atoms with E-state index < -0.39 is 0 Å². The Labute approximate surface area is 144 Å². The number of rotatable bonds is 5. The molecule has 3 rings (SSSR count). The number of hydrogen-bond acceptors (Lipinski definition) is 3. The molecule has 1 fully saturated rings. The zero-order chi connectivity index (χ0) is 16.6. The van der Waals surface area contributed by atoms with E-state index in [-0.39, 0.29) is 0 Å². The second kappa shape index (κ2) is 8.64. The first-order chi connectivity index (χ1) is 11.9. The molecule has 0 atom stereocenters. The molecule has 1 aromatic heterocycles. The second-order valence-corrected chi connectivity index (χ2v) is 6.24. The molecular weight excluding hydrogens is 298 g/mol. The number of piperidine rings is 1. The summed E-state index contributed by atoms with van der Waals surface area (Å²) in [6.45, 7) is 5.22. The highest BCUT2D eigenvalue weighted by atomic mass is 15.2. The van der Waals surface area contributed by atoms with Gasteiger partial charge in [0, 0.05) is 38.3 Å². The summed E-state index contributed by atoms with van der Waals surface area (Å²) in [4.78, 5) is 11.3. The van der Waals surface area contributed by atoms with Gasteiger partial charge in [-0.05, 0) is 43.6 Å². The Hall–Kier alpha value is -2.14. The van der Waals surface area contributed by atoms with Gasteiger partial charge in [0.15, 0.2) is 5.96 Å². The number of nitrogens with zero attached hydrogens (tertiary/aromatic N) is 3. The minimum absolute atomic E-state index is 0.742. The van der Waals surface area contributed by atoms with Gasteiger partial charge in [-0.25, -0.2) is 0 Å². The quantitative estimate of drug-likeness (QED) is 0.655. The molecule has 1 aliphatic rings. The zero-order valence-corrected chi connectivity index (χ0v) is 14.5. The maximum atomic E-state index is 4.41. The van der Waals surface area contributed by atoms with Crippen molar-refractivity contribution < 1.29 is 0 Å². The largest absolute Gasteiger partial charge is 0.355 e. The van der Waals surface area contributed by atoms with Crippen molar-refractivity contribution in [2.45, 2.75) is 25.8 Å². The lowest BCUT2D eigenvalue weighted by Gasteiger charge is -2.26. The Kier molecular flexibility index (Phi) is 6.01. The summed E-state index contributed by atoms with van der Waals surface area (Å²) in [6.07, 6.45) is 5.92. The lowest BCUT2D eigenvalue weighted by molar-refractivity contribution is 0.232. The van der Waals surface area contributed by atoms with E-state index in [0.717, 1.165) is 31.1 Å². The standard InChI is InChI=1S/C19H27N5/c1-20-19(22-11-14-24-12-5-2-6-13-24)23-15-16-9-10-21-18-8-4-3-7-17(16)18/h3-4,7-10H,2,5-6,11-15H2,1H3,(H2,20,22,23). The number of aliphatic imine (C=N–C) groups is 1. The minimum Gasteiger partial charge on any atom is -0.355 e. The first kappa shape index (κ1) is 16.7. The van der Waals surface area contributed by atoms with Crippen molar-refractivity contribution in [1.29, 1.82) is 0 Å². The molecule has 2 N–H and O–H groups in total. The van der Waals surface area contributed by atoms with Gasteiger partial charge in [0.1, 0.15) is 0 Å². The van der Waals surface area contributed by atoms with Crippen molar-refractivity contribution in [3.63, 3.8) is 0 Å². The average Bonchev–Trinajstić information content (AvgIpc) is 2.65. The van der Waals surface area contributed by atoms with Crippen molar-refractivity contribution in [1.82, 2.24) is 20.5 Å². The SMILES string of the molecule is CN=C(NCCN1CCCCC1)NCc1ccnc2ccccc12. The van der Waals surface area contributed by atoms with Gasteiger partial charge in [0.25, 0.3) is 0 Å². The summed E-state index contributed by atoms with van der Waals surface area (Å²) in [5, 5.41) is 8.02. The van der Waals surface area contributed by atoms with Crippen molar-refractivity contribution >= 4 is 16.9 Å². The number of benzene rings is 1. The lowest BCUT2D eigenvalue weighted by Crippen LogP contribution is -2.42. The van der Waals surface area contributed by atoms with Gasteiger partial charge in [-0.1, -0.05) is 24.6 Å². The van der Waals surface area contributed by atoms with Crippen LogP contribution in [0.4, 0.5) is 0 Å². The maximum absolute atomic E-state index is 4.41. The summed E-state index contributed by atoms with van der Waals surface area (Å²) in [5.74, 6) is 0.855. The van der Waals surface area contributed by atoms with E-state index >= 15 is 0 Å². The van der Waals surface area contributed by atoms with Crippen LogP contribution in [0.3, 0.4) is 0 Å². The fourth-order valence-electron chi connectivity index (χ4n) is 3.22. The molecule has 0 spiro atoms. The molecule has 0 saturated carbocycles. The van der Waals surface area contributed by atoms with Gasteiger partial charge in [-0.15, -0.1) is 0 Å². The van der Waals surface area contributed by atoms with E-state index in [4.69, 9.17) is 0 Å². The van der Waals surface area contributed by atoms with Gasteiger partial charge in [-0.2, -0.15) is 0 Å². The summed E-state index contributed by atoms with van der Waals surface area (Å²) >= 11 is 0. The number of hydrogen-bond donors (Lipinski definition) is 2. The summed E-state index contributed by atoms with van der Waals surface area (Å²) in [5.41, 5.74) is 2.27. The van der Waals surface area contributed by atoms with E-state index in [1.165, 1.54) is 43.3 Å². The van der Waals surface area contributed by atoms with E-state index in [0.29, 0.717) is 0 Å².